The van der Waals surface area contributed by atoms with Crippen LogP contribution in [0.25, 0.3) is 0 Å². The molecule has 0 radical (unpaired) electrons. The van der Waals surface area contributed by atoms with Crippen LogP contribution in [0.4, 0.5) is 0 Å². The number of rotatable bonds is 10. The Morgan fingerprint density at radius 3 is 1.92 bits per heavy atom. The van der Waals surface area contributed by atoms with Gasteiger partial charge in [0.05, 0.1) is 13.7 Å². The zero-order chi connectivity index (χ0) is 42.8. The van der Waals surface area contributed by atoms with Crippen LogP contribution in [0.1, 0.15) is 64.8 Å². The summed E-state index contributed by atoms with van der Waals surface area (Å²) in [6.07, 6.45) is 7.00. The molecule has 2 aromatic heterocycles. The Morgan fingerprint density at radius 1 is 0.783 bits per heavy atom. The second kappa shape index (κ2) is 20.4. The molecular formula is C38H41B3N4O14S. The minimum atomic E-state index is -1.18. The van der Waals surface area contributed by atoms with Gasteiger partial charge in [-0.25, -0.2) is 19.4 Å². The SMILES string of the molecule is COc1ncc2c(c1C(=O)O)OB(O)CC2.O=C(O)c1c(CCc2nncs2)ccc2c1OB(O)CC2.O=C(O)c1c(OCC#CCN2CCC2)ccc2c1OB(O)CC2. The van der Waals surface area contributed by atoms with Gasteiger partial charge < -0.3 is 53.8 Å². The summed E-state index contributed by atoms with van der Waals surface area (Å²) in [7, 11) is -1.56. The number of carboxylic acid groups (broad SMARTS) is 3. The second-order valence-corrected chi connectivity index (χ2v) is 14.8. The number of fused-ring (bicyclic) bond motifs is 3. The van der Waals surface area contributed by atoms with Crippen LogP contribution in [0, 0.1) is 11.8 Å². The largest absolute Gasteiger partial charge is 0.535 e. The van der Waals surface area contributed by atoms with E-state index in [1.165, 1.54) is 31.1 Å². The summed E-state index contributed by atoms with van der Waals surface area (Å²) in [4.78, 5) is 40.3. The van der Waals surface area contributed by atoms with Gasteiger partial charge in [-0.15, -0.1) is 21.5 Å². The van der Waals surface area contributed by atoms with Crippen LogP contribution in [-0.4, -0.2) is 123 Å². The van der Waals surface area contributed by atoms with Gasteiger partial charge in [-0.3, -0.25) is 4.90 Å². The third-order valence-corrected chi connectivity index (χ3v) is 10.6. The molecule has 4 aliphatic heterocycles. The van der Waals surface area contributed by atoms with Gasteiger partial charge in [0, 0.05) is 31.3 Å². The van der Waals surface area contributed by atoms with Crippen LogP contribution in [0.3, 0.4) is 0 Å². The molecule has 8 rings (SSSR count). The molecule has 0 atom stereocenters. The molecule has 2 aromatic carbocycles. The standard InChI is InChI=1S/C16H18BNO5.C13H13BN2O4S.C9H10BNO5/c19-16(20)14-13(22-11-2-1-8-18-9-3-10-18)5-4-12-6-7-17(21)23-15(12)14;17-13(18)11-8(3-4-10-16-15-7-21-10)1-2-9-5-6-14(19)20-12(9)11;1-15-8-6(9(12)13)7-5(4-11-8)2-3-10(14)16-7/h4-5,21H,3,6-11H2,(H,19,20);1-2,7,19H,3-6H2,(H,17,18);4,14H,2-3H2,1H3,(H,12,13). The molecule has 0 spiro atoms. The molecule has 0 saturated carbocycles. The summed E-state index contributed by atoms with van der Waals surface area (Å²) in [6.45, 7) is 3.01. The lowest BCUT2D eigenvalue weighted by Gasteiger charge is -2.28. The third-order valence-electron chi connectivity index (χ3n) is 9.86. The van der Waals surface area contributed by atoms with Crippen molar-refractivity contribution in [3.8, 4) is 40.7 Å². The Bertz CT molecular complexity index is 2250. The molecule has 0 amide bonds. The Labute approximate surface area is 349 Å². The quantitative estimate of drug-likeness (QED) is 0.0990. The van der Waals surface area contributed by atoms with Gasteiger partial charge in [0.25, 0.3) is 0 Å². The number of hydrogen-bond acceptors (Lipinski definition) is 16. The van der Waals surface area contributed by atoms with E-state index in [1.807, 2.05) is 12.1 Å². The predicted molar refractivity (Wildman–Crippen MR) is 218 cm³/mol. The maximum absolute atomic E-state index is 11.6. The molecule has 312 valence electrons. The van der Waals surface area contributed by atoms with Crippen molar-refractivity contribution in [1.82, 2.24) is 20.1 Å². The lowest BCUT2D eigenvalue weighted by Crippen LogP contribution is -2.37. The van der Waals surface area contributed by atoms with Crippen LogP contribution in [0.2, 0.25) is 19.0 Å². The van der Waals surface area contributed by atoms with Crippen molar-refractivity contribution in [3.05, 3.63) is 79.9 Å². The number of aromatic carboxylic acids is 3. The number of aryl methyl sites for hydroxylation is 5. The van der Waals surface area contributed by atoms with E-state index in [2.05, 4.69) is 31.9 Å². The van der Waals surface area contributed by atoms with Gasteiger partial charge in [0.1, 0.15) is 51.2 Å². The molecule has 4 aliphatic rings. The number of nitrogens with zero attached hydrogens (tertiary/aromatic N) is 4. The summed E-state index contributed by atoms with van der Waals surface area (Å²) in [5.74, 6) is 3.39. The fourth-order valence-corrected chi connectivity index (χ4v) is 7.25. The molecule has 0 aliphatic carbocycles. The number of ether oxygens (including phenoxy) is 2. The molecule has 1 fully saturated rings. The predicted octanol–water partition coefficient (Wildman–Crippen LogP) is 2.53. The molecule has 6 N–H and O–H groups in total. The zero-order valence-electron chi connectivity index (χ0n) is 32.5. The van der Waals surface area contributed by atoms with E-state index in [-0.39, 0.29) is 46.4 Å². The van der Waals surface area contributed by atoms with Gasteiger partial charge >= 0.3 is 39.3 Å². The first kappa shape index (κ1) is 43.7. The Hall–Kier alpha value is -5.85. The maximum Gasteiger partial charge on any atom is 0.522 e. The summed E-state index contributed by atoms with van der Waals surface area (Å²) < 4.78 is 26.1. The van der Waals surface area contributed by atoms with Crippen LogP contribution in [-0.2, 0) is 32.1 Å². The highest BCUT2D eigenvalue weighted by molar-refractivity contribution is 7.09. The van der Waals surface area contributed by atoms with Gasteiger partial charge in [-0.2, -0.15) is 0 Å². The molecule has 0 unspecified atom stereocenters. The van der Waals surface area contributed by atoms with E-state index in [0.29, 0.717) is 74.5 Å². The molecule has 0 bridgehead atoms. The second-order valence-electron chi connectivity index (χ2n) is 13.9. The van der Waals surface area contributed by atoms with Crippen molar-refractivity contribution in [1.29, 1.82) is 0 Å². The van der Waals surface area contributed by atoms with E-state index >= 15 is 0 Å². The molecule has 22 heteroatoms. The highest BCUT2D eigenvalue weighted by Crippen LogP contribution is 2.37. The van der Waals surface area contributed by atoms with E-state index in [1.54, 1.807) is 17.6 Å². The van der Waals surface area contributed by atoms with Gasteiger partial charge in [0.2, 0.25) is 5.88 Å². The van der Waals surface area contributed by atoms with E-state index in [9.17, 15) is 39.7 Å². The molecule has 18 nitrogen and oxygen atoms in total. The highest BCUT2D eigenvalue weighted by Gasteiger charge is 2.32. The fraction of sp³-hybridized carbons (Fsp3) is 0.368. The number of carboxylic acids is 3. The van der Waals surface area contributed by atoms with Gasteiger partial charge in [0.15, 0.2) is 5.56 Å². The van der Waals surface area contributed by atoms with Crippen LogP contribution >= 0.6 is 11.3 Å². The number of benzene rings is 2. The third kappa shape index (κ3) is 10.9. The van der Waals surface area contributed by atoms with Crippen LogP contribution in [0.5, 0.6) is 28.9 Å². The van der Waals surface area contributed by atoms with Crippen molar-refractivity contribution in [3.63, 3.8) is 0 Å². The van der Waals surface area contributed by atoms with E-state index in [0.717, 1.165) is 29.2 Å². The maximum atomic E-state index is 11.6. The first-order chi connectivity index (χ1) is 28.9. The lowest BCUT2D eigenvalue weighted by atomic mass is 9.77. The minimum absolute atomic E-state index is 0.0136. The highest BCUT2D eigenvalue weighted by atomic mass is 32.1. The average Bonchev–Trinajstić information content (AvgIpc) is 3.73. The van der Waals surface area contributed by atoms with Crippen LogP contribution < -0.4 is 23.4 Å². The summed E-state index contributed by atoms with van der Waals surface area (Å²) >= 11 is 1.44. The van der Waals surface area contributed by atoms with Crippen molar-refractivity contribution in [2.24, 2.45) is 0 Å². The summed E-state index contributed by atoms with van der Waals surface area (Å²) in [5.41, 5.74) is 4.57. The van der Waals surface area contributed by atoms with Crippen molar-refractivity contribution < 1.29 is 68.2 Å². The first-order valence-electron chi connectivity index (χ1n) is 19.1. The van der Waals surface area contributed by atoms with Crippen molar-refractivity contribution in [2.75, 3.05) is 33.4 Å². The number of carbonyl (C=O) groups is 3. The minimum Gasteiger partial charge on any atom is -0.535 e. The number of hydrogen-bond donors (Lipinski definition) is 6. The summed E-state index contributed by atoms with van der Waals surface area (Å²) in [6, 6.07) is 7.10. The fourth-order valence-electron chi connectivity index (χ4n) is 6.72. The van der Waals surface area contributed by atoms with Crippen LogP contribution in [0.15, 0.2) is 36.0 Å². The van der Waals surface area contributed by atoms with Gasteiger partial charge in [-0.05, 0) is 73.8 Å². The zero-order valence-corrected chi connectivity index (χ0v) is 33.4. The molecular weight excluding hydrogens is 801 g/mol. The number of aromatic nitrogens is 3. The van der Waals surface area contributed by atoms with Gasteiger partial charge in [-0.1, -0.05) is 30.0 Å². The van der Waals surface area contributed by atoms with E-state index < -0.39 is 39.3 Å². The lowest BCUT2D eigenvalue weighted by molar-refractivity contribution is 0.0678. The monoisotopic (exact) mass is 842 g/mol. The Kier molecular flexibility index (Phi) is 14.9. The number of methoxy groups -OCH3 is 1. The number of pyridine rings is 1. The Morgan fingerprint density at radius 2 is 1.37 bits per heavy atom. The molecule has 6 heterocycles. The molecule has 1 saturated heterocycles. The Balaban J connectivity index is 0.000000153. The normalized spacial score (nSPS) is 14.8. The molecule has 4 aromatic rings. The average molecular weight is 842 g/mol. The molecule has 60 heavy (non-hydrogen) atoms. The topological polar surface area (TPSA) is 261 Å². The smallest absolute Gasteiger partial charge is 0.522 e. The van der Waals surface area contributed by atoms with Crippen molar-refractivity contribution in [2.45, 2.75) is 57.5 Å². The van der Waals surface area contributed by atoms with E-state index in [4.69, 9.17) is 28.5 Å². The number of likely N-dealkylation sites (tertiary alicyclic amines) is 1. The summed E-state index contributed by atoms with van der Waals surface area (Å²) in [5, 5.41) is 65.1. The van der Waals surface area contributed by atoms with Crippen molar-refractivity contribution >= 4 is 50.6 Å². The first-order valence-corrected chi connectivity index (χ1v) is 20.0.